The molecule has 2 aromatic rings. The van der Waals surface area contributed by atoms with Crippen LogP contribution in [-0.4, -0.2) is 16.6 Å². The molecule has 0 aliphatic rings. The molecule has 1 N–H and O–H groups in total. The van der Waals surface area contributed by atoms with Crippen molar-refractivity contribution < 1.29 is 4.74 Å². The lowest BCUT2D eigenvalue weighted by molar-refractivity contribution is 0.0231. The molecule has 1 aromatic carbocycles. The van der Waals surface area contributed by atoms with Crippen LogP contribution in [0.25, 0.3) is 11.3 Å². The van der Waals surface area contributed by atoms with E-state index in [9.17, 15) is 4.79 Å². The molecular weight excluding hydrogens is 332 g/mol. The summed E-state index contributed by atoms with van der Waals surface area (Å²) in [5.74, 6) is 0.789. The molecule has 21 heavy (non-hydrogen) atoms. The Bertz CT molecular complexity index is 653. The number of halogens is 1. The maximum absolute atomic E-state index is 12.2. The SMILES string of the molecule is CCOC(c1nc(-c2ccccc2)c(Br)c(=O)[nH]1)C(C)C. The number of rotatable bonds is 5. The quantitative estimate of drug-likeness (QED) is 0.888. The standard InChI is InChI=1S/C16H19BrN2O2/c1-4-21-14(10(2)3)15-18-13(12(17)16(20)19-15)11-8-6-5-7-9-11/h5-10,14H,4H2,1-3H3,(H,18,19,20). The molecule has 0 amide bonds. The molecule has 0 fully saturated rings. The van der Waals surface area contributed by atoms with Crippen LogP contribution in [0.3, 0.4) is 0 Å². The zero-order chi connectivity index (χ0) is 15.4. The van der Waals surface area contributed by atoms with Crippen molar-refractivity contribution in [3.8, 4) is 11.3 Å². The van der Waals surface area contributed by atoms with Crippen molar-refractivity contribution >= 4 is 15.9 Å². The molecule has 4 nitrogen and oxygen atoms in total. The molecule has 1 heterocycles. The Balaban J connectivity index is 2.55. The lowest BCUT2D eigenvalue weighted by atomic mass is 10.1. The van der Waals surface area contributed by atoms with E-state index in [-0.39, 0.29) is 17.6 Å². The summed E-state index contributed by atoms with van der Waals surface area (Å²) in [4.78, 5) is 19.6. The summed E-state index contributed by atoms with van der Waals surface area (Å²) in [5, 5.41) is 0. The average molecular weight is 351 g/mol. The Morgan fingerprint density at radius 2 is 1.95 bits per heavy atom. The van der Waals surface area contributed by atoms with Crippen LogP contribution < -0.4 is 5.56 Å². The van der Waals surface area contributed by atoms with Gasteiger partial charge in [-0.1, -0.05) is 44.2 Å². The van der Waals surface area contributed by atoms with Gasteiger partial charge in [0, 0.05) is 12.2 Å². The minimum Gasteiger partial charge on any atom is -0.370 e. The average Bonchev–Trinajstić information content (AvgIpc) is 2.48. The minimum atomic E-state index is -0.224. The summed E-state index contributed by atoms with van der Waals surface area (Å²) in [7, 11) is 0. The third kappa shape index (κ3) is 3.60. The van der Waals surface area contributed by atoms with Gasteiger partial charge >= 0.3 is 0 Å². The normalized spacial score (nSPS) is 12.6. The molecule has 0 aliphatic heterocycles. The number of ether oxygens (including phenoxy) is 1. The first kappa shape index (κ1) is 15.9. The number of hydrogen-bond acceptors (Lipinski definition) is 3. The van der Waals surface area contributed by atoms with Crippen molar-refractivity contribution in [2.45, 2.75) is 26.9 Å². The number of benzene rings is 1. The van der Waals surface area contributed by atoms with Crippen molar-refractivity contribution in [1.29, 1.82) is 0 Å². The van der Waals surface area contributed by atoms with Gasteiger partial charge in [-0.15, -0.1) is 0 Å². The Hall–Kier alpha value is -1.46. The van der Waals surface area contributed by atoms with Gasteiger partial charge in [0.1, 0.15) is 16.4 Å². The van der Waals surface area contributed by atoms with Gasteiger partial charge in [-0.2, -0.15) is 0 Å². The lowest BCUT2D eigenvalue weighted by Gasteiger charge is -2.20. The van der Waals surface area contributed by atoms with Crippen molar-refractivity contribution in [2.75, 3.05) is 6.61 Å². The summed E-state index contributed by atoms with van der Waals surface area (Å²) in [6.45, 7) is 6.60. The highest BCUT2D eigenvalue weighted by Gasteiger charge is 2.21. The molecule has 0 aliphatic carbocycles. The lowest BCUT2D eigenvalue weighted by Crippen LogP contribution is -2.21. The third-order valence-corrected chi connectivity index (χ3v) is 3.89. The Kier molecular flexibility index (Phi) is 5.31. The van der Waals surface area contributed by atoms with Gasteiger partial charge < -0.3 is 9.72 Å². The van der Waals surface area contributed by atoms with Crippen LogP contribution in [0, 0.1) is 5.92 Å². The van der Waals surface area contributed by atoms with E-state index in [0.717, 1.165) is 5.56 Å². The van der Waals surface area contributed by atoms with Crippen molar-refractivity contribution in [3.63, 3.8) is 0 Å². The van der Waals surface area contributed by atoms with E-state index in [0.29, 0.717) is 22.6 Å². The molecule has 0 saturated heterocycles. The van der Waals surface area contributed by atoms with Crippen LogP contribution in [0.4, 0.5) is 0 Å². The van der Waals surface area contributed by atoms with E-state index in [1.165, 1.54) is 0 Å². The van der Waals surface area contributed by atoms with Gasteiger partial charge in [0.25, 0.3) is 5.56 Å². The van der Waals surface area contributed by atoms with Gasteiger partial charge in [-0.3, -0.25) is 4.79 Å². The van der Waals surface area contributed by atoms with E-state index >= 15 is 0 Å². The molecular formula is C16H19BrN2O2. The Labute approximate surface area is 132 Å². The van der Waals surface area contributed by atoms with Crippen molar-refractivity contribution in [2.24, 2.45) is 5.92 Å². The smallest absolute Gasteiger partial charge is 0.265 e. The van der Waals surface area contributed by atoms with Crippen molar-refractivity contribution in [3.05, 3.63) is 51.0 Å². The van der Waals surface area contributed by atoms with Gasteiger partial charge in [0.15, 0.2) is 0 Å². The second-order valence-corrected chi connectivity index (χ2v) is 5.89. The number of aromatic nitrogens is 2. The number of H-pyrrole nitrogens is 1. The first-order chi connectivity index (χ1) is 10.0. The van der Waals surface area contributed by atoms with E-state index < -0.39 is 0 Å². The van der Waals surface area contributed by atoms with Crippen LogP contribution in [0.2, 0.25) is 0 Å². The molecule has 0 spiro atoms. The summed E-state index contributed by atoms with van der Waals surface area (Å²) in [6.07, 6.45) is -0.224. The summed E-state index contributed by atoms with van der Waals surface area (Å²) < 4.78 is 6.17. The largest absolute Gasteiger partial charge is 0.370 e. The fourth-order valence-electron chi connectivity index (χ4n) is 2.16. The first-order valence-electron chi connectivity index (χ1n) is 7.01. The predicted octanol–water partition coefficient (Wildman–Crippen LogP) is 3.93. The zero-order valence-corrected chi connectivity index (χ0v) is 14.0. The molecule has 1 aromatic heterocycles. The highest BCUT2D eigenvalue weighted by molar-refractivity contribution is 9.10. The fraction of sp³-hybridized carbons (Fsp3) is 0.375. The topological polar surface area (TPSA) is 55.0 Å². The number of hydrogen-bond donors (Lipinski definition) is 1. The highest BCUT2D eigenvalue weighted by Crippen LogP contribution is 2.27. The van der Waals surface area contributed by atoms with E-state index in [2.05, 4.69) is 25.9 Å². The Morgan fingerprint density at radius 3 is 2.52 bits per heavy atom. The van der Waals surface area contributed by atoms with Gasteiger partial charge in [-0.25, -0.2) is 4.98 Å². The Morgan fingerprint density at radius 1 is 1.29 bits per heavy atom. The molecule has 112 valence electrons. The van der Waals surface area contributed by atoms with Crippen LogP contribution in [0.5, 0.6) is 0 Å². The highest BCUT2D eigenvalue weighted by atomic mass is 79.9. The van der Waals surface area contributed by atoms with Crippen LogP contribution in [0.1, 0.15) is 32.7 Å². The van der Waals surface area contributed by atoms with Gasteiger partial charge in [0.2, 0.25) is 0 Å². The molecule has 2 rings (SSSR count). The molecule has 1 unspecified atom stereocenters. The van der Waals surface area contributed by atoms with Crippen LogP contribution >= 0.6 is 15.9 Å². The number of nitrogens with zero attached hydrogens (tertiary/aromatic N) is 1. The first-order valence-corrected chi connectivity index (χ1v) is 7.80. The van der Waals surface area contributed by atoms with E-state index in [4.69, 9.17) is 4.74 Å². The summed E-state index contributed by atoms with van der Waals surface area (Å²) >= 11 is 3.33. The number of nitrogens with one attached hydrogen (secondary N) is 1. The van der Waals surface area contributed by atoms with Crippen molar-refractivity contribution in [1.82, 2.24) is 9.97 Å². The summed E-state index contributed by atoms with van der Waals surface area (Å²) in [6, 6.07) is 9.64. The molecule has 0 saturated carbocycles. The summed E-state index contributed by atoms with van der Waals surface area (Å²) in [5.41, 5.74) is 1.35. The van der Waals surface area contributed by atoms with E-state index in [1.807, 2.05) is 51.1 Å². The number of aromatic amines is 1. The monoisotopic (exact) mass is 350 g/mol. The molecule has 0 radical (unpaired) electrons. The zero-order valence-electron chi connectivity index (χ0n) is 12.4. The van der Waals surface area contributed by atoms with Gasteiger partial charge in [0.05, 0.1) is 5.69 Å². The predicted molar refractivity (Wildman–Crippen MR) is 87.2 cm³/mol. The van der Waals surface area contributed by atoms with Gasteiger partial charge in [-0.05, 0) is 28.8 Å². The molecule has 5 heteroatoms. The minimum absolute atomic E-state index is 0.191. The molecule has 1 atom stereocenters. The second-order valence-electron chi connectivity index (χ2n) is 5.10. The third-order valence-electron chi connectivity index (χ3n) is 3.15. The maximum Gasteiger partial charge on any atom is 0.265 e. The van der Waals surface area contributed by atoms with Crippen LogP contribution in [0.15, 0.2) is 39.6 Å². The fourth-order valence-corrected chi connectivity index (χ4v) is 2.58. The van der Waals surface area contributed by atoms with Crippen LogP contribution in [-0.2, 0) is 4.74 Å². The molecule has 0 bridgehead atoms. The second kappa shape index (κ2) is 7.00. The van der Waals surface area contributed by atoms with E-state index in [1.54, 1.807) is 0 Å². The maximum atomic E-state index is 12.2.